The third-order valence-electron chi connectivity index (χ3n) is 9.53. The highest BCUT2D eigenvalue weighted by molar-refractivity contribution is 7.19. The number of nitrogens with one attached hydrogen (secondary N) is 1. The molecule has 1 aliphatic heterocycles. The van der Waals surface area contributed by atoms with Crippen molar-refractivity contribution in [3.8, 4) is 5.75 Å². The number of fused-ring (bicyclic) bond motifs is 7. The molecule has 2 atom stereocenters. The van der Waals surface area contributed by atoms with Crippen LogP contribution in [0.1, 0.15) is 79.5 Å². The van der Waals surface area contributed by atoms with Crippen LogP contribution in [0.4, 0.5) is 11.5 Å². The van der Waals surface area contributed by atoms with Gasteiger partial charge in [-0.25, -0.2) is 19.9 Å². The van der Waals surface area contributed by atoms with Crippen molar-refractivity contribution in [3.63, 3.8) is 0 Å². The topological polar surface area (TPSA) is 138 Å². The Morgan fingerprint density at radius 1 is 0.868 bits per heavy atom. The number of aryl methyl sites for hydroxylation is 2. The number of halogens is 1. The average Bonchev–Trinajstić information content (AvgIpc) is 3.85. The van der Waals surface area contributed by atoms with E-state index in [1.165, 1.54) is 32.8 Å². The van der Waals surface area contributed by atoms with E-state index in [9.17, 15) is 9.59 Å². The number of anilines is 2. The van der Waals surface area contributed by atoms with Gasteiger partial charge in [-0.05, 0) is 92.2 Å². The summed E-state index contributed by atoms with van der Waals surface area (Å²) in [5.41, 5.74) is 5.63. The number of esters is 2. The van der Waals surface area contributed by atoms with E-state index < -0.39 is 0 Å². The highest BCUT2D eigenvalue weighted by Crippen LogP contribution is 2.43. The minimum absolute atomic E-state index is 0.0350. The number of carbonyl (C=O) groups is 2. The highest BCUT2D eigenvalue weighted by atomic mass is 35.5. The Balaban J connectivity index is 0.000000193. The van der Waals surface area contributed by atoms with E-state index in [1.54, 1.807) is 29.0 Å². The van der Waals surface area contributed by atoms with E-state index in [0.29, 0.717) is 37.9 Å². The van der Waals surface area contributed by atoms with Crippen LogP contribution in [0.25, 0.3) is 20.4 Å². The predicted octanol–water partition coefficient (Wildman–Crippen LogP) is 8.47. The Bertz CT molecular complexity index is 2210. The molecule has 5 heterocycles. The van der Waals surface area contributed by atoms with Crippen molar-refractivity contribution in [3.05, 3.63) is 61.9 Å². The quantitative estimate of drug-likeness (QED) is 0.121. The molecule has 1 N–H and O–H groups in total. The second-order valence-corrected chi connectivity index (χ2v) is 17.2. The van der Waals surface area contributed by atoms with Gasteiger partial charge in [-0.2, -0.15) is 0 Å². The van der Waals surface area contributed by atoms with Crippen molar-refractivity contribution in [1.29, 1.82) is 0 Å². The smallest absolute Gasteiger partial charge is 0.309 e. The molecule has 2 aliphatic carbocycles. The molecule has 0 fully saturated rings. The maximum atomic E-state index is 12.3. The van der Waals surface area contributed by atoms with Crippen LogP contribution in [-0.2, 0) is 51.3 Å². The van der Waals surface area contributed by atoms with Crippen LogP contribution in [0, 0.1) is 17.3 Å². The van der Waals surface area contributed by atoms with Gasteiger partial charge < -0.3 is 19.5 Å². The molecule has 0 unspecified atom stereocenters. The molecule has 0 radical (unpaired) electrons. The summed E-state index contributed by atoms with van der Waals surface area (Å²) in [7, 11) is 0. The molecule has 0 saturated heterocycles. The zero-order valence-electron chi connectivity index (χ0n) is 30.6. The number of benzene rings is 1. The molecule has 53 heavy (non-hydrogen) atoms. The number of carbonyl (C=O) groups excluding carboxylic acids is 2. The number of hydrogen-bond donors (Lipinski definition) is 1. The number of nitrogens with zero attached hydrogens (tertiary/aromatic N) is 5. The van der Waals surface area contributed by atoms with Crippen molar-refractivity contribution in [2.75, 3.05) is 25.1 Å². The highest BCUT2D eigenvalue weighted by Gasteiger charge is 2.31. The van der Waals surface area contributed by atoms with Gasteiger partial charge in [0.25, 0.3) is 0 Å². The Morgan fingerprint density at radius 3 is 2.09 bits per heavy atom. The molecular formula is C39H43ClN6O5S2. The lowest BCUT2D eigenvalue weighted by atomic mass is 9.88. The third kappa shape index (κ3) is 8.02. The van der Waals surface area contributed by atoms with E-state index in [0.717, 1.165) is 75.4 Å². The van der Waals surface area contributed by atoms with E-state index in [4.69, 9.17) is 25.8 Å². The zero-order valence-corrected chi connectivity index (χ0v) is 33.0. The van der Waals surface area contributed by atoms with Crippen LogP contribution in [0.3, 0.4) is 0 Å². The van der Waals surface area contributed by atoms with Gasteiger partial charge in [-0.1, -0.05) is 32.4 Å². The monoisotopic (exact) mass is 774 g/mol. The first-order valence-electron chi connectivity index (χ1n) is 18.1. The van der Waals surface area contributed by atoms with Crippen LogP contribution in [-0.4, -0.2) is 57.9 Å². The summed E-state index contributed by atoms with van der Waals surface area (Å²) in [4.78, 5) is 50.2. The number of ether oxygens (including phenoxy) is 3. The molecule has 0 amide bonds. The zero-order chi connectivity index (χ0) is 37.3. The van der Waals surface area contributed by atoms with Gasteiger partial charge in [0.05, 0.1) is 54.7 Å². The van der Waals surface area contributed by atoms with E-state index in [-0.39, 0.29) is 29.2 Å². The van der Waals surface area contributed by atoms with Crippen LogP contribution < -0.4 is 10.1 Å². The maximum Gasteiger partial charge on any atom is 0.309 e. The summed E-state index contributed by atoms with van der Waals surface area (Å²) in [6.45, 7) is 12.3. The van der Waals surface area contributed by atoms with Crippen molar-refractivity contribution in [2.45, 2.75) is 79.7 Å². The van der Waals surface area contributed by atoms with Gasteiger partial charge in [0.2, 0.25) is 0 Å². The molecule has 3 aliphatic rings. The van der Waals surface area contributed by atoms with Gasteiger partial charge in [-0.3, -0.25) is 14.6 Å². The lowest BCUT2D eigenvalue weighted by Crippen LogP contribution is -2.23. The van der Waals surface area contributed by atoms with E-state index in [2.05, 4.69) is 63.1 Å². The fourth-order valence-corrected chi connectivity index (χ4v) is 9.81. The number of rotatable bonds is 8. The maximum absolute atomic E-state index is 12.3. The van der Waals surface area contributed by atoms with Crippen LogP contribution >= 0.6 is 34.3 Å². The molecule has 4 aromatic heterocycles. The van der Waals surface area contributed by atoms with Gasteiger partial charge in [0.15, 0.2) is 0 Å². The largest absolute Gasteiger partial charge is 0.491 e. The summed E-state index contributed by atoms with van der Waals surface area (Å²) in [6.07, 6.45) is 9.65. The minimum atomic E-state index is -0.101. The minimum Gasteiger partial charge on any atom is -0.491 e. The van der Waals surface area contributed by atoms with Crippen molar-refractivity contribution in [1.82, 2.24) is 19.9 Å². The predicted molar refractivity (Wildman–Crippen MR) is 210 cm³/mol. The third-order valence-corrected chi connectivity index (χ3v) is 12.1. The first kappa shape index (κ1) is 37.1. The fourth-order valence-electron chi connectivity index (χ4n) is 6.98. The molecule has 0 spiro atoms. The Hall–Kier alpha value is -4.20. The van der Waals surface area contributed by atoms with Gasteiger partial charge >= 0.3 is 11.9 Å². The lowest BCUT2D eigenvalue weighted by Gasteiger charge is -2.22. The molecule has 0 saturated carbocycles. The molecule has 5 aromatic rings. The normalized spacial score (nSPS) is 17.4. The van der Waals surface area contributed by atoms with Crippen molar-refractivity contribution >= 4 is 84.4 Å². The first-order valence-corrected chi connectivity index (χ1v) is 20.1. The Labute approximate surface area is 321 Å². The standard InChI is InChI=1S/C26H30N4O3S.C13H13ClN2O2S/c1-5-32-25(31)15-6-7-18-21(10-15)34-24-22(18)23(28-14-29-24)30-19-8-16-11-27-12-17(16)9-20(19)33-13-26(2,3)4;1-2-18-13(17)7-3-4-8-9(5-7)19-12-10(8)11(14)15-6-16-12/h8-9,11,14-15H,5-7,10,12-13H2,1-4H3,(H,28,29,30);6-7H,2-5H2,1H3/t15-;7-/m00/s1. The Morgan fingerprint density at radius 2 is 1.47 bits per heavy atom. The molecule has 11 nitrogen and oxygen atoms in total. The average molecular weight is 775 g/mol. The summed E-state index contributed by atoms with van der Waals surface area (Å²) >= 11 is 9.41. The van der Waals surface area contributed by atoms with Crippen LogP contribution in [0.15, 0.2) is 29.8 Å². The molecule has 8 rings (SSSR count). The van der Waals surface area contributed by atoms with Crippen LogP contribution in [0.2, 0.25) is 5.15 Å². The lowest BCUT2D eigenvalue weighted by molar-refractivity contribution is -0.149. The second kappa shape index (κ2) is 15.6. The van der Waals surface area contributed by atoms with Gasteiger partial charge in [0.1, 0.15) is 39.0 Å². The van der Waals surface area contributed by atoms with Gasteiger partial charge in [0, 0.05) is 16.0 Å². The molecule has 278 valence electrons. The SMILES string of the molecule is CCOC(=O)[C@H]1CCc2c(sc3ncnc(Cl)c23)C1.CCOC(=O)[C@H]1CCc2c(sc3ncnc(Nc4cc5c(cc4OCC(C)(C)C)CN=C5)c23)C1. The Kier molecular flexibility index (Phi) is 11.0. The molecule has 14 heteroatoms. The molecule has 1 aromatic carbocycles. The fraction of sp³-hybridized carbons (Fsp3) is 0.462. The van der Waals surface area contributed by atoms with E-state index in [1.807, 2.05) is 20.1 Å². The molecular weight excluding hydrogens is 732 g/mol. The van der Waals surface area contributed by atoms with Crippen molar-refractivity contribution < 1.29 is 23.8 Å². The van der Waals surface area contributed by atoms with Crippen LogP contribution in [0.5, 0.6) is 5.75 Å². The number of aromatic nitrogens is 4. The van der Waals surface area contributed by atoms with E-state index >= 15 is 0 Å². The first-order chi connectivity index (χ1) is 25.5. The second-order valence-electron chi connectivity index (χ2n) is 14.6. The van der Waals surface area contributed by atoms with Crippen molar-refractivity contribution in [2.24, 2.45) is 22.2 Å². The summed E-state index contributed by atoms with van der Waals surface area (Å²) in [5, 5.41) is 6.07. The van der Waals surface area contributed by atoms with Gasteiger partial charge in [-0.15, -0.1) is 22.7 Å². The summed E-state index contributed by atoms with van der Waals surface area (Å²) < 4.78 is 16.6. The number of thiophene rings is 2. The summed E-state index contributed by atoms with van der Waals surface area (Å²) in [6, 6.07) is 4.18. The number of aliphatic imine (C=N–C) groups is 1. The molecule has 0 bridgehead atoms. The summed E-state index contributed by atoms with van der Waals surface area (Å²) in [5.74, 6) is 1.26. The number of hydrogen-bond acceptors (Lipinski definition) is 13.